The second-order valence-electron chi connectivity index (χ2n) is 5.04. The highest BCUT2D eigenvalue weighted by Gasteiger charge is 2.21. The lowest BCUT2D eigenvalue weighted by atomic mass is 10.0. The zero-order valence-corrected chi connectivity index (χ0v) is 12.7. The van der Waals surface area contributed by atoms with E-state index in [2.05, 4.69) is 10.4 Å². The SMILES string of the molecule is CC(=O)C(NC(=O)Cn1nc(C)c(Cl)c1C)C(C)C. The molecule has 0 aliphatic rings. The fraction of sp³-hybridized carbons (Fsp3) is 0.615. The lowest BCUT2D eigenvalue weighted by Gasteiger charge is -2.19. The van der Waals surface area contributed by atoms with E-state index in [1.54, 1.807) is 18.5 Å². The van der Waals surface area contributed by atoms with Crippen molar-refractivity contribution in [2.24, 2.45) is 5.92 Å². The van der Waals surface area contributed by atoms with Crippen molar-refractivity contribution in [2.45, 2.75) is 47.2 Å². The number of hydrogen-bond acceptors (Lipinski definition) is 3. The molecule has 0 saturated heterocycles. The molecule has 1 atom stereocenters. The monoisotopic (exact) mass is 285 g/mol. The van der Waals surface area contributed by atoms with Crippen molar-refractivity contribution in [3.63, 3.8) is 0 Å². The fourth-order valence-corrected chi connectivity index (χ4v) is 2.06. The number of ketones is 1. The number of halogens is 1. The molecule has 0 fully saturated rings. The Labute approximate surface area is 118 Å². The number of nitrogens with one attached hydrogen (secondary N) is 1. The first-order valence-corrected chi connectivity index (χ1v) is 6.61. The summed E-state index contributed by atoms with van der Waals surface area (Å²) in [5.74, 6) is -0.226. The zero-order valence-electron chi connectivity index (χ0n) is 12.0. The van der Waals surface area contributed by atoms with Crippen molar-refractivity contribution < 1.29 is 9.59 Å². The van der Waals surface area contributed by atoms with Gasteiger partial charge in [-0.25, -0.2) is 0 Å². The van der Waals surface area contributed by atoms with Gasteiger partial charge in [0.2, 0.25) is 5.91 Å². The predicted molar refractivity (Wildman–Crippen MR) is 74.2 cm³/mol. The van der Waals surface area contributed by atoms with E-state index >= 15 is 0 Å². The third-order valence-corrected chi connectivity index (χ3v) is 3.55. The smallest absolute Gasteiger partial charge is 0.242 e. The van der Waals surface area contributed by atoms with Crippen LogP contribution in [-0.4, -0.2) is 27.5 Å². The van der Waals surface area contributed by atoms with Crippen molar-refractivity contribution in [3.8, 4) is 0 Å². The quantitative estimate of drug-likeness (QED) is 0.898. The number of carbonyl (C=O) groups is 2. The van der Waals surface area contributed by atoms with Crippen molar-refractivity contribution >= 4 is 23.3 Å². The number of hydrogen-bond donors (Lipinski definition) is 1. The summed E-state index contributed by atoms with van der Waals surface area (Å²) in [6.07, 6.45) is 0. The topological polar surface area (TPSA) is 64.0 Å². The van der Waals surface area contributed by atoms with Gasteiger partial charge in [-0.15, -0.1) is 0 Å². The van der Waals surface area contributed by atoms with Gasteiger partial charge in [0.1, 0.15) is 6.54 Å². The fourth-order valence-electron chi connectivity index (χ4n) is 1.92. The first-order valence-electron chi connectivity index (χ1n) is 6.23. The lowest BCUT2D eigenvalue weighted by molar-refractivity contribution is -0.128. The van der Waals surface area contributed by atoms with Crippen molar-refractivity contribution in [3.05, 3.63) is 16.4 Å². The Balaban J connectivity index is 2.75. The second kappa shape index (κ2) is 6.19. The van der Waals surface area contributed by atoms with Gasteiger partial charge < -0.3 is 5.32 Å². The average molecular weight is 286 g/mol. The van der Waals surface area contributed by atoms with E-state index < -0.39 is 6.04 Å². The third-order valence-electron chi connectivity index (χ3n) is 3.01. The number of aryl methyl sites for hydroxylation is 1. The van der Waals surface area contributed by atoms with Gasteiger partial charge in [0, 0.05) is 0 Å². The van der Waals surface area contributed by atoms with Crippen LogP contribution in [0.3, 0.4) is 0 Å². The summed E-state index contributed by atoms with van der Waals surface area (Å²) in [6.45, 7) is 8.93. The maximum atomic E-state index is 11.9. The molecule has 1 unspecified atom stereocenters. The van der Waals surface area contributed by atoms with E-state index in [-0.39, 0.29) is 24.2 Å². The minimum Gasteiger partial charge on any atom is -0.344 e. The highest BCUT2D eigenvalue weighted by molar-refractivity contribution is 6.31. The van der Waals surface area contributed by atoms with Crippen LogP contribution >= 0.6 is 11.6 Å². The Morgan fingerprint density at radius 1 is 1.37 bits per heavy atom. The molecule has 1 aromatic heterocycles. The lowest BCUT2D eigenvalue weighted by Crippen LogP contribution is -2.44. The Bertz CT molecular complexity index is 494. The van der Waals surface area contributed by atoms with Crippen LogP contribution < -0.4 is 5.32 Å². The van der Waals surface area contributed by atoms with Crippen LogP contribution in [0.1, 0.15) is 32.2 Å². The summed E-state index contributed by atoms with van der Waals surface area (Å²) in [4.78, 5) is 23.4. The van der Waals surface area contributed by atoms with Crippen molar-refractivity contribution in [1.29, 1.82) is 0 Å². The summed E-state index contributed by atoms with van der Waals surface area (Å²) in [5, 5.41) is 7.48. The van der Waals surface area contributed by atoms with E-state index in [1.165, 1.54) is 6.92 Å². The Kier molecular flexibility index (Phi) is 5.11. The van der Waals surface area contributed by atoms with Crippen molar-refractivity contribution in [2.75, 3.05) is 0 Å². The number of rotatable bonds is 5. The van der Waals surface area contributed by atoms with Gasteiger partial charge in [-0.3, -0.25) is 14.3 Å². The summed E-state index contributed by atoms with van der Waals surface area (Å²) in [7, 11) is 0. The summed E-state index contributed by atoms with van der Waals surface area (Å²) < 4.78 is 1.55. The van der Waals surface area contributed by atoms with E-state index in [1.807, 2.05) is 13.8 Å². The number of amides is 1. The summed E-state index contributed by atoms with van der Waals surface area (Å²) in [6, 6.07) is -0.458. The maximum absolute atomic E-state index is 11.9. The van der Waals surface area contributed by atoms with Crippen LogP contribution in [0.5, 0.6) is 0 Å². The third kappa shape index (κ3) is 3.80. The molecule has 0 bridgehead atoms. The molecule has 1 heterocycles. The standard InChI is InChI=1S/C13H20ClN3O2/c1-7(2)13(10(5)18)15-11(19)6-17-9(4)12(14)8(3)16-17/h7,13H,6H2,1-5H3,(H,15,19). The molecule has 0 aliphatic heterocycles. The minimum atomic E-state index is -0.458. The van der Waals surface area contributed by atoms with E-state index in [0.29, 0.717) is 10.7 Å². The molecule has 1 amide bonds. The minimum absolute atomic E-state index is 0.0465. The predicted octanol–water partition coefficient (Wildman–Crippen LogP) is 1.88. The van der Waals surface area contributed by atoms with Gasteiger partial charge in [-0.1, -0.05) is 25.4 Å². The Hall–Kier alpha value is -1.36. The largest absolute Gasteiger partial charge is 0.344 e. The van der Waals surface area contributed by atoms with E-state index in [4.69, 9.17) is 11.6 Å². The molecule has 0 saturated carbocycles. The van der Waals surface area contributed by atoms with Crippen LogP contribution in [0, 0.1) is 19.8 Å². The van der Waals surface area contributed by atoms with Gasteiger partial charge in [0.25, 0.3) is 0 Å². The van der Waals surface area contributed by atoms with E-state index in [0.717, 1.165) is 5.69 Å². The second-order valence-corrected chi connectivity index (χ2v) is 5.42. The Morgan fingerprint density at radius 2 is 1.95 bits per heavy atom. The normalized spacial score (nSPS) is 12.6. The van der Waals surface area contributed by atoms with Crippen LogP contribution in [0.2, 0.25) is 5.02 Å². The molecule has 1 aromatic rings. The zero-order chi connectivity index (χ0) is 14.7. The molecule has 0 aliphatic carbocycles. The summed E-state index contributed by atoms with van der Waals surface area (Å²) in [5.41, 5.74) is 1.44. The number of Topliss-reactive ketones (excluding diaryl/α,β-unsaturated/α-hetero) is 1. The van der Waals surface area contributed by atoms with Gasteiger partial charge in [-0.2, -0.15) is 5.10 Å². The summed E-state index contributed by atoms with van der Waals surface area (Å²) >= 11 is 6.02. The first-order chi connectivity index (χ1) is 8.73. The van der Waals surface area contributed by atoms with Gasteiger partial charge in [0.15, 0.2) is 5.78 Å². The van der Waals surface area contributed by atoms with Crippen LogP contribution in [-0.2, 0) is 16.1 Å². The molecule has 0 radical (unpaired) electrons. The average Bonchev–Trinajstić information content (AvgIpc) is 2.53. The molecular formula is C13H20ClN3O2. The molecule has 0 spiro atoms. The van der Waals surface area contributed by atoms with E-state index in [9.17, 15) is 9.59 Å². The number of nitrogens with zero attached hydrogens (tertiary/aromatic N) is 2. The van der Waals surface area contributed by atoms with Crippen LogP contribution in [0.15, 0.2) is 0 Å². The molecule has 19 heavy (non-hydrogen) atoms. The van der Waals surface area contributed by atoms with Gasteiger partial charge in [-0.05, 0) is 26.7 Å². The molecule has 5 nitrogen and oxygen atoms in total. The first kappa shape index (κ1) is 15.7. The van der Waals surface area contributed by atoms with Crippen LogP contribution in [0.4, 0.5) is 0 Å². The molecule has 1 N–H and O–H groups in total. The maximum Gasteiger partial charge on any atom is 0.242 e. The highest BCUT2D eigenvalue weighted by Crippen LogP contribution is 2.18. The molecule has 1 rings (SSSR count). The molecule has 106 valence electrons. The van der Waals surface area contributed by atoms with Crippen molar-refractivity contribution in [1.82, 2.24) is 15.1 Å². The highest BCUT2D eigenvalue weighted by atomic mass is 35.5. The number of aromatic nitrogens is 2. The Morgan fingerprint density at radius 3 is 2.32 bits per heavy atom. The van der Waals surface area contributed by atoms with Crippen LogP contribution in [0.25, 0.3) is 0 Å². The van der Waals surface area contributed by atoms with Gasteiger partial charge >= 0.3 is 0 Å². The molecule has 6 heteroatoms. The molecular weight excluding hydrogens is 266 g/mol. The molecule has 0 aromatic carbocycles. The van der Waals surface area contributed by atoms with Gasteiger partial charge in [0.05, 0.1) is 22.5 Å². The number of carbonyl (C=O) groups excluding carboxylic acids is 2.